The van der Waals surface area contributed by atoms with Crippen molar-refractivity contribution in [2.24, 2.45) is 5.92 Å². The van der Waals surface area contributed by atoms with Gasteiger partial charge in [0, 0.05) is 0 Å². The predicted molar refractivity (Wildman–Crippen MR) is 54.5 cm³/mol. The van der Waals surface area contributed by atoms with Crippen LogP contribution in [0.4, 0.5) is 0 Å². The quantitative estimate of drug-likeness (QED) is 0.662. The summed E-state index contributed by atoms with van der Waals surface area (Å²) in [6.45, 7) is 0. The summed E-state index contributed by atoms with van der Waals surface area (Å²) >= 11 is 0. The molecule has 0 saturated heterocycles. The molecule has 1 atom stereocenters. The third kappa shape index (κ3) is 2.34. The number of rotatable bonds is 3. The number of aliphatic hydroxyl groups is 1. The van der Waals surface area contributed by atoms with Gasteiger partial charge in [-0.2, -0.15) is 0 Å². The minimum absolute atomic E-state index is 0.106. The molecule has 1 unspecified atom stereocenters. The van der Waals surface area contributed by atoms with E-state index in [4.69, 9.17) is 0 Å². The van der Waals surface area contributed by atoms with Crippen LogP contribution >= 0.6 is 0 Å². The summed E-state index contributed by atoms with van der Waals surface area (Å²) in [5.74, 6) is 0.831. The first-order chi connectivity index (χ1) is 6.36. The van der Waals surface area contributed by atoms with Gasteiger partial charge in [0.25, 0.3) is 0 Å². The molecule has 2 rings (SSSR count). The first-order valence-corrected chi connectivity index (χ1v) is 5.73. The Balaban J connectivity index is 1.80. The lowest BCUT2D eigenvalue weighted by atomic mass is 9.79. The second-order valence-corrected chi connectivity index (χ2v) is 4.57. The highest BCUT2D eigenvalue weighted by molar-refractivity contribution is 5.10. The average molecular weight is 180 g/mol. The highest BCUT2D eigenvalue weighted by Gasteiger charge is 2.23. The molecule has 0 aliphatic heterocycles. The van der Waals surface area contributed by atoms with E-state index in [9.17, 15) is 5.11 Å². The van der Waals surface area contributed by atoms with E-state index in [1.807, 2.05) is 0 Å². The van der Waals surface area contributed by atoms with Gasteiger partial charge in [0.15, 0.2) is 0 Å². The predicted octanol–water partition coefficient (Wildman–Crippen LogP) is 3.04. The molecule has 1 saturated carbocycles. The first-order valence-electron chi connectivity index (χ1n) is 5.73. The number of hydrogen-bond donors (Lipinski definition) is 1. The molecule has 2 aliphatic carbocycles. The summed E-state index contributed by atoms with van der Waals surface area (Å²) in [6.07, 6.45) is 12.2. The number of hydrogen-bond acceptors (Lipinski definition) is 1. The molecule has 0 bridgehead atoms. The Morgan fingerprint density at radius 2 is 2.15 bits per heavy atom. The van der Waals surface area contributed by atoms with Crippen LogP contribution in [-0.2, 0) is 0 Å². The van der Waals surface area contributed by atoms with Gasteiger partial charge in [0.2, 0.25) is 0 Å². The molecular formula is C12H20O. The normalized spacial score (nSPS) is 26.4. The van der Waals surface area contributed by atoms with Crippen LogP contribution in [-0.4, -0.2) is 11.2 Å². The number of aliphatic hydroxyl groups excluding tert-OH is 1. The third-order valence-electron chi connectivity index (χ3n) is 3.54. The Bertz CT molecular complexity index is 191. The molecule has 0 amide bonds. The zero-order chi connectivity index (χ0) is 9.10. The lowest BCUT2D eigenvalue weighted by Gasteiger charge is -2.29. The Hall–Kier alpha value is -0.300. The van der Waals surface area contributed by atoms with Gasteiger partial charge < -0.3 is 5.11 Å². The Kier molecular flexibility index (Phi) is 3.05. The van der Waals surface area contributed by atoms with Gasteiger partial charge in [-0.1, -0.05) is 25.3 Å². The summed E-state index contributed by atoms with van der Waals surface area (Å²) in [5.41, 5.74) is 1.33. The minimum atomic E-state index is -0.106. The molecule has 0 heterocycles. The Morgan fingerprint density at radius 3 is 2.69 bits per heavy atom. The maximum Gasteiger partial charge on any atom is 0.0752 e. The summed E-state index contributed by atoms with van der Waals surface area (Å²) in [4.78, 5) is 0. The zero-order valence-corrected chi connectivity index (χ0v) is 8.34. The van der Waals surface area contributed by atoms with Crippen LogP contribution in [0, 0.1) is 5.92 Å². The van der Waals surface area contributed by atoms with Crippen LogP contribution in [0.15, 0.2) is 11.6 Å². The van der Waals surface area contributed by atoms with E-state index in [1.54, 1.807) is 0 Å². The van der Waals surface area contributed by atoms with E-state index in [-0.39, 0.29) is 6.10 Å². The zero-order valence-electron chi connectivity index (χ0n) is 8.34. The molecular weight excluding hydrogens is 160 g/mol. The van der Waals surface area contributed by atoms with Crippen LogP contribution in [0.2, 0.25) is 0 Å². The standard InChI is InChI=1S/C12H20O/c13-12(9-10-5-4-6-10)11-7-2-1-3-8-11/h7,10,12-13H,1-6,8-9H2. The van der Waals surface area contributed by atoms with Crippen molar-refractivity contribution in [2.45, 2.75) is 57.5 Å². The fraction of sp³-hybridized carbons (Fsp3) is 0.833. The van der Waals surface area contributed by atoms with Gasteiger partial charge in [-0.25, -0.2) is 0 Å². The van der Waals surface area contributed by atoms with Crippen LogP contribution in [0.1, 0.15) is 51.4 Å². The van der Waals surface area contributed by atoms with Crippen molar-refractivity contribution >= 4 is 0 Å². The van der Waals surface area contributed by atoms with Crippen LogP contribution < -0.4 is 0 Å². The monoisotopic (exact) mass is 180 g/mol. The lowest BCUT2D eigenvalue weighted by Crippen LogP contribution is -2.21. The molecule has 1 heteroatoms. The SMILES string of the molecule is OC(CC1CCC1)C1=CCCCC1. The fourth-order valence-electron chi connectivity index (χ4n) is 2.36. The minimum Gasteiger partial charge on any atom is -0.389 e. The second-order valence-electron chi connectivity index (χ2n) is 4.57. The van der Waals surface area contributed by atoms with Crippen molar-refractivity contribution in [1.82, 2.24) is 0 Å². The van der Waals surface area contributed by atoms with Crippen molar-refractivity contribution in [2.75, 3.05) is 0 Å². The van der Waals surface area contributed by atoms with Gasteiger partial charge in [0.1, 0.15) is 0 Å². The summed E-state index contributed by atoms with van der Waals surface area (Å²) in [6, 6.07) is 0. The van der Waals surface area contributed by atoms with Crippen molar-refractivity contribution in [3.63, 3.8) is 0 Å². The van der Waals surface area contributed by atoms with Crippen molar-refractivity contribution in [1.29, 1.82) is 0 Å². The van der Waals surface area contributed by atoms with Gasteiger partial charge in [-0.3, -0.25) is 0 Å². The number of allylic oxidation sites excluding steroid dienone is 1. The maximum atomic E-state index is 9.94. The third-order valence-corrected chi connectivity index (χ3v) is 3.54. The van der Waals surface area contributed by atoms with E-state index >= 15 is 0 Å². The molecule has 0 radical (unpaired) electrons. The summed E-state index contributed by atoms with van der Waals surface area (Å²) < 4.78 is 0. The van der Waals surface area contributed by atoms with E-state index in [0.29, 0.717) is 0 Å². The molecule has 0 spiro atoms. The van der Waals surface area contributed by atoms with Crippen molar-refractivity contribution in [3.8, 4) is 0 Å². The fourth-order valence-corrected chi connectivity index (χ4v) is 2.36. The topological polar surface area (TPSA) is 20.2 Å². The van der Waals surface area contributed by atoms with Crippen LogP contribution in [0.5, 0.6) is 0 Å². The van der Waals surface area contributed by atoms with Gasteiger partial charge in [-0.15, -0.1) is 0 Å². The highest BCUT2D eigenvalue weighted by Crippen LogP contribution is 2.33. The summed E-state index contributed by atoms with van der Waals surface area (Å²) in [5, 5.41) is 9.94. The average Bonchev–Trinajstić information content (AvgIpc) is 2.12. The molecule has 13 heavy (non-hydrogen) atoms. The highest BCUT2D eigenvalue weighted by atomic mass is 16.3. The van der Waals surface area contributed by atoms with Gasteiger partial charge >= 0.3 is 0 Å². The van der Waals surface area contributed by atoms with Crippen molar-refractivity contribution < 1.29 is 5.11 Å². The molecule has 1 nitrogen and oxygen atoms in total. The van der Waals surface area contributed by atoms with Gasteiger partial charge in [-0.05, 0) is 43.6 Å². The smallest absolute Gasteiger partial charge is 0.0752 e. The second kappa shape index (κ2) is 4.28. The molecule has 0 aromatic carbocycles. The van der Waals surface area contributed by atoms with Crippen molar-refractivity contribution in [3.05, 3.63) is 11.6 Å². The molecule has 74 valence electrons. The van der Waals surface area contributed by atoms with E-state index in [1.165, 1.54) is 44.1 Å². The molecule has 0 aromatic heterocycles. The molecule has 1 N–H and O–H groups in total. The molecule has 2 aliphatic rings. The van der Waals surface area contributed by atoms with Gasteiger partial charge in [0.05, 0.1) is 6.10 Å². The Morgan fingerprint density at radius 1 is 1.31 bits per heavy atom. The lowest BCUT2D eigenvalue weighted by molar-refractivity contribution is 0.141. The Labute approximate surface area is 80.8 Å². The van der Waals surface area contributed by atoms with Crippen LogP contribution in [0.3, 0.4) is 0 Å². The first kappa shape index (κ1) is 9.26. The summed E-state index contributed by atoms with van der Waals surface area (Å²) in [7, 11) is 0. The van der Waals surface area contributed by atoms with E-state index < -0.39 is 0 Å². The maximum absolute atomic E-state index is 9.94. The molecule has 0 aromatic rings. The largest absolute Gasteiger partial charge is 0.389 e. The van der Waals surface area contributed by atoms with Crippen LogP contribution in [0.25, 0.3) is 0 Å². The van der Waals surface area contributed by atoms with E-state index in [2.05, 4.69) is 6.08 Å². The van der Waals surface area contributed by atoms with E-state index in [0.717, 1.165) is 18.8 Å². The molecule has 1 fully saturated rings.